The van der Waals surface area contributed by atoms with Crippen molar-refractivity contribution in [2.45, 2.75) is 51.5 Å². The Hall–Kier alpha value is -0.0400. The van der Waals surface area contributed by atoms with Crippen LogP contribution in [0.2, 0.25) is 0 Å². The van der Waals surface area contributed by atoms with E-state index in [-0.39, 0.29) is 0 Å². The Balaban J connectivity index is 1.84. The van der Waals surface area contributed by atoms with Gasteiger partial charge in [-0.1, -0.05) is 13.8 Å². The van der Waals surface area contributed by atoms with Crippen LogP contribution >= 0.6 is 0 Å². The second-order valence-electron chi connectivity index (χ2n) is 5.06. The van der Waals surface area contributed by atoms with E-state index in [1.807, 2.05) is 0 Å². The number of nitrogens with one attached hydrogen (secondary N) is 1. The lowest BCUT2D eigenvalue weighted by Crippen LogP contribution is -2.56. The van der Waals surface area contributed by atoms with Crippen LogP contribution in [-0.2, 0) is 0 Å². The largest absolute Gasteiger partial charge is 0.311 e. The lowest BCUT2D eigenvalue weighted by atomic mass is 9.69. The average molecular weight is 167 g/mol. The zero-order valence-electron chi connectivity index (χ0n) is 8.40. The molecule has 1 atom stereocenters. The summed E-state index contributed by atoms with van der Waals surface area (Å²) in [5, 5.41) is 3.76. The van der Waals surface area contributed by atoms with Crippen molar-refractivity contribution in [3.8, 4) is 0 Å². The average Bonchev–Trinajstić information content (AvgIpc) is 2.02. The maximum atomic E-state index is 3.76. The Morgan fingerprint density at radius 2 is 2.00 bits per heavy atom. The first-order valence-corrected chi connectivity index (χ1v) is 5.47. The van der Waals surface area contributed by atoms with Crippen LogP contribution in [0.25, 0.3) is 0 Å². The van der Waals surface area contributed by atoms with Gasteiger partial charge >= 0.3 is 0 Å². The fraction of sp³-hybridized carbons (Fsp3) is 1.00. The summed E-state index contributed by atoms with van der Waals surface area (Å²) in [6, 6.07) is 0. The van der Waals surface area contributed by atoms with E-state index in [1.165, 1.54) is 38.6 Å². The van der Waals surface area contributed by atoms with Crippen molar-refractivity contribution >= 4 is 0 Å². The molecule has 2 aliphatic rings. The molecule has 1 saturated heterocycles. The van der Waals surface area contributed by atoms with Crippen LogP contribution in [0.15, 0.2) is 0 Å². The molecule has 2 rings (SSSR count). The fourth-order valence-corrected chi connectivity index (χ4v) is 2.60. The van der Waals surface area contributed by atoms with Gasteiger partial charge in [-0.05, 0) is 50.5 Å². The summed E-state index contributed by atoms with van der Waals surface area (Å²) in [4.78, 5) is 0. The lowest BCUT2D eigenvalue weighted by Gasteiger charge is -2.48. The van der Waals surface area contributed by atoms with E-state index in [2.05, 4.69) is 19.2 Å². The van der Waals surface area contributed by atoms with Crippen molar-refractivity contribution in [2.24, 2.45) is 11.8 Å². The number of piperidine rings is 1. The van der Waals surface area contributed by atoms with E-state index in [0.717, 1.165) is 11.8 Å². The van der Waals surface area contributed by atoms with E-state index in [4.69, 9.17) is 0 Å². The molecule has 1 aliphatic heterocycles. The Kier molecular flexibility index (Phi) is 2.16. The van der Waals surface area contributed by atoms with Crippen molar-refractivity contribution < 1.29 is 0 Å². The van der Waals surface area contributed by atoms with Gasteiger partial charge in [-0.25, -0.2) is 0 Å². The molecule has 0 amide bonds. The van der Waals surface area contributed by atoms with Gasteiger partial charge in [0.05, 0.1) is 0 Å². The second-order valence-corrected chi connectivity index (χ2v) is 5.06. The minimum Gasteiger partial charge on any atom is -0.311 e. The first-order valence-electron chi connectivity index (χ1n) is 5.47. The predicted octanol–water partition coefficient (Wildman–Crippen LogP) is 2.56. The molecule has 1 N–H and O–H groups in total. The molecule has 1 heteroatoms. The van der Waals surface area contributed by atoms with Crippen LogP contribution in [0.5, 0.6) is 0 Å². The van der Waals surface area contributed by atoms with Gasteiger partial charge in [0.25, 0.3) is 0 Å². The van der Waals surface area contributed by atoms with Crippen LogP contribution in [0, 0.1) is 11.8 Å². The maximum absolute atomic E-state index is 3.76. The molecule has 0 aromatic rings. The minimum absolute atomic E-state index is 0.616. The van der Waals surface area contributed by atoms with E-state index in [9.17, 15) is 0 Å². The van der Waals surface area contributed by atoms with Gasteiger partial charge in [-0.15, -0.1) is 0 Å². The van der Waals surface area contributed by atoms with Gasteiger partial charge in [0.15, 0.2) is 0 Å². The molecule has 12 heavy (non-hydrogen) atoms. The van der Waals surface area contributed by atoms with E-state index >= 15 is 0 Å². The normalized spacial score (nSPS) is 33.8. The third-order valence-corrected chi connectivity index (χ3v) is 3.99. The van der Waals surface area contributed by atoms with Gasteiger partial charge < -0.3 is 5.32 Å². The molecule has 1 saturated carbocycles. The molecule has 70 valence electrons. The molecule has 0 aromatic heterocycles. The van der Waals surface area contributed by atoms with Crippen LogP contribution in [0.3, 0.4) is 0 Å². The fourth-order valence-electron chi connectivity index (χ4n) is 2.60. The summed E-state index contributed by atoms with van der Waals surface area (Å²) < 4.78 is 0. The first kappa shape index (κ1) is 8.55. The summed E-state index contributed by atoms with van der Waals surface area (Å²) >= 11 is 0. The van der Waals surface area contributed by atoms with Gasteiger partial charge in [0.2, 0.25) is 0 Å². The Morgan fingerprint density at radius 1 is 1.25 bits per heavy atom. The third kappa shape index (κ3) is 1.39. The van der Waals surface area contributed by atoms with Crippen LogP contribution in [-0.4, -0.2) is 12.1 Å². The molecular weight excluding hydrogens is 146 g/mol. The third-order valence-electron chi connectivity index (χ3n) is 3.99. The van der Waals surface area contributed by atoms with Crippen LogP contribution in [0.1, 0.15) is 46.0 Å². The summed E-state index contributed by atoms with van der Waals surface area (Å²) in [5.74, 6) is 1.81. The number of hydrogen-bond donors (Lipinski definition) is 1. The molecule has 1 unspecified atom stereocenters. The molecule has 0 bridgehead atoms. The summed E-state index contributed by atoms with van der Waals surface area (Å²) in [5.41, 5.74) is 0.616. The van der Waals surface area contributed by atoms with Crippen molar-refractivity contribution in [3.05, 3.63) is 0 Å². The highest BCUT2D eigenvalue weighted by molar-refractivity contribution is 4.99. The smallest absolute Gasteiger partial charge is 0.0181 e. The highest BCUT2D eigenvalue weighted by Crippen LogP contribution is 2.40. The summed E-state index contributed by atoms with van der Waals surface area (Å²) in [6.07, 6.45) is 7.25. The summed E-state index contributed by atoms with van der Waals surface area (Å²) in [7, 11) is 0. The van der Waals surface area contributed by atoms with Crippen LogP contribution < -0.4 is 5.32 Å². The minimum atomic E-state index is 0.616. The molecule has 0 radical (unpaired) electrons. The molecule has 1 aliphatic carbocycles. The lowest BCUT2D eigenvalue weighted by molar-refractivity contribution is 0.101. The second kappa shape index (κ2) is 3.02. The Labute approximate surface area is 75.9 Å². The summed E-state index contributed by atoms with van der Waals surface area (Å²) in [6.45, 7) is 5.98. The molecule has 1 spiro atoms. The standard InChI is InChI=1S/C11H21N/c1-9(2)10-4-7-11(12-8-10)5-3-6-11/h9-10,12H,3-8H2,1-2H3. The Bertz CT molecular complexity index is 148. The van der Waals surface area contributed by atoms with E-state index in [1.54, 1.807) is 0 Å². The quantitative estimate of drug-likeness (QED) is 0.633. The zero-order valence-corrected chi connectivity index (χ0v) is 8.40. The van der Waals surface area contributed by atoms with Crippen molar-refractivity contribution in [1.29, 1.82) is 0 Å². The van der Waals surface area contributed by atoms with Gasteiger partial charge in [0.1, 0.15) is 0 Å². The molecule has 1 heterocycles. The van der Waals surface area contributed by atoms with E-state index in [0.29, 0.717) is 5.54 Å². The predicted molar refractivity (Wildman–Crippen MR) is 52.1 cm³/mol. The highest BCUT2D eigenvalue weighted by Gasteiger charge is 2.39. The topological polar surface area (TPSA) is 12.0 Å². The zero-order chi connectivity index (χ0) is 8.60. The van der Waals surface area contributed by atoms with E-state index < -0.39 is 0 Å². The number of hydrogen-bond acceptors (Lipinski definition) is 1. The molecule has 0 aromatic carbocycles. The molecular formula is C11H21N. The monoisotopic (exact) mass is 167 g/mol. The van der Waals surface area contributed by atoms with Crippen molar-refractivity contribution in [2.75, 3.05) is 6.54 Å². The van der Waals surface area contributed by atoms with Crippen molar-refractivity contribution in [3.63, 3.8) is 0 Å². The van der Waals surface area contributed by atoms with Crippen LogP contribution in [0.4, 0.5) is 0 Å². The Morgan fingerprint density at radius 3 is 2.33 bits per heavy atom. The maximum Gasteiger partial charge on any atom is 0.0181 e. The van der Waals surface area contributed by atoms with Gasteiger partial charge in [-0.2, -0.15) is 0 Å². The first-order chi connectivity index (χ1) is 5.72. The highest BCUT2D eigenvalue weighted by atomic mass is 15.0. The SMILES string of the molecule is CC(C)C1CCC2(CCC2)NC1. The van der Waals surface area contributed by atoms with Crippen molar-refractivity contribution in [1.82, 2.24) is 5.32 Å². The molecule has 1 nitrogen and oxygen atoms in total. The molecule has 2 fully saturated rings. The van der Waals surface area contributed by atoms with Gasteiger partial charge in [0, 0.05) is 5.54 Å². The number of rotatable bonds is 1. The van der Waals surface area contributed by atoms with Gasteiger partial charge in [-0.3, -0.25) is 0 Å².